The van der Waals surface area contributed by atoms with Crippen LogP contribution in [0.4, 0.5) is 34.1 Å². The molecule has 0 radical (unpaired) electrons. The number of hydrogen-bond donors (Lipinski definition) is 0. The Balaban J connectivity index is 0.959. The number of benzene rings is 8. The highest BCUT2D eigenvalue weighted by atomic mass is 15.3. The van der Waals surface area contributed by atoms with Crippen molar-refractivity contribution in [1.82, 2.24) is 0 Å². The van der Waals surface area contributed by atoms with E-state index < -0.39 is 5.41 Å². The van der Waals surface area contributed by atoms with E-state index in [-0.39, 0.29) is 21.9 Å². The molecule has 3 aliphatic carbocycles. The first-order valence-electron chi connectivity index (χ1n) is 27.2. The average Bonchev–Trinajstić information content (AvgIpc) is 3.92. The molecule has 2 fully saturated rings. The van der Waals surface area contributed by atoms with Crippen LogP contribution in [0.1, 0.15) is 112 Å². The zero-order valence-corrected chi connectivity index (χ0v) is 44.3. The van der Waals surface area contributed by atoms with Crippen LogP contribution in [0.2, 0.25) is 0 Å². The largest absolute Gasteiger partial charge is 0.378 e. The van der Waals surface area contributed by atoms with Crippen LogP contribution >= 0.6 is 0 Å². The van der Waals surface area contributed by atoms with Gasteiger partial charge in [-0.25, -0.2) is 0 Å². The van der Waals surface area contributed by atoms with Crippen LogP contribution in [0.3, 0.4) is 0 Å². The van der Waals surface area contributed by atoms with Gasteiger partial charge in [0, 0.05) is 73.1 Å². The van der Waals surface area contributed by atoms with Crippen molar-refractivity contribution >= 4 is 34.1 Å². The summed E-state index contributed by atoms with van der Waals surface area (Å²) in [6.07, 6.45) is 9.74. The smallest absolute Gasteiger partial charge is 0.0713 e. The molecule has 8 aromatic carbocycles. The summed E-state index contributed by atoms with van der Waals surface area (Å²) in [5.74, 6) is 0. The van der Waals surface area contributed by atoms with Gasteiger partial charge < -0.3 is 19.6 Å². The third-order valence-electron chi connectivity index (χ3n) is 19.7. The molecular weight excluding hydrogens is 885 g/mol. The number of anilines is 6. The normalized spacial score (nSPS) is 24.0. The van der Waals surface area contributed by atoms with Gasteiger partial charge in [-0.2, -0.15) is 0 Å². The summed E-state index contributed by atoms with van der Waals surface area (Å²) in [4.78, 5) is 9.79. The Morgan fingerprint density at radius 3 is 1.07 bits per heavy atom. The van der Waals surface area contributed by atoms with Crippen LogP contribution in [0.25, 0.3) is 33.4 Å². The van der Waals surface area contributed by atoms with Gasteiger partial charge in [0.05, 0.1) is 16.5 Å². The highest BCUT2D eigenvalue weighted by molar-refractivity contribution is 5.91. The predicted molar refractivity (Wildman–Crippen MR) is 309 cm³/mol. The van der Waals surface area contributed by atoms with Gasteiger partial charge in [-0.1, -0.05) is 137 Å². The van der Waals surface area contributed by atoms with Crippen molar-refractivity contribution < 1.29 is 0 Å². The minimum atomic E-state index is -0.542. The van der Waals surface area contributed by atoms with Crippen LogP contribution in [-0.4, -0.2) is 39.3 Å². The summed E-state index contributed by atoms with van der Waals surface area (Å²) in [6.45, 7) is 10.2. The van der Waals surface area contributed by atoms with E-state index >= 15 is 0 Å². The van der Waals surface area contributed by atoms with Crippen LogP contribution in [0.5, 0.6) is 0 Å². The zero-order valence-electron chi connectivity index (χ0n) is 44.3. The molecule has 0 aromatic heterocycles. The first kappa shape index (κ1) is 45.8. The van der Waals surface area contributed by atoms with Gasteiger partial charge in [0.15, 0.2) is 0 Å². The lowest BCUT2D eigenvalue weighted by Gasteiger charge is -2.50. The summed E-state index contributed by atoms with van der Waals surface area (Å²) >= 11 is 0. The van der Waals surface area contributed by atoms with Crippen molar-refractivity contribution in [2.45, 2.75) is 106 Å². The molecule has 4 unspecified atom stereocenters. The Morgan fingerprint density at radius 1 is 0.356 bits per heavy atom. The topological polar surface area (TPSA) is 13.0 Å². The van der Waals surface area contributed by atoms with Crippen LogP contribution in [0, 0.1) is 0 Å². The van der Waals surface area contributed by atoms with Gasteiger partial charge in [-0.15, -0.1) is 0 Å². The van der Waals surface area contributed by atoms with Gasteiger partial charge in [0.25, 0.3) is 0 Å². The first-order valence-corrected chi connectivity index (χ1v) is 27.2. The molecule has 0 spiro atoms. The monoisotopic (exact) mass is 955 g/mol. The second-order valence-corrected chi connectivity index (χ2v) is 23.6. The van der Waals surface area contributed by atoms with Crippen molar-refractivity contribution in [1.29, 1.82) is 0 Å². The van der Waals surface area contributed by atoms with Gasteiger partial charge >= 0.3 is 0 Å². The molecule has 0 amide bonds. The van der Waals surface area contributed by atoms with Crippen molar-refractivity contribution in [3.05, 3.63) is 215 Å². The fourth-order valence-corrected chi connectivity index (χ4v) is 15.3. The molecule has 8 aromatic rings. The maximum Gasteiger partial charge on any atom is 0.0713 e. The van der Waals surface area contributed by atoms with E-state index in [1.54, 1.807) is 0 Å². The summed E-state index contributed by atoms with van der Waals surface area (Å²) in [5.41, 5.74) is 23.2. The molecule has 0 saturated heterocycles. The van der Waals surface area contributed by atoms with Crippen molar-refractivity contribution in [2.75, 3.05) is 47.8 Å². The first-order chi connectivity index (χ1) is 35.3. The standard InChI is InChI=1S/C69H70N4/c1-65-39-15-17-41-67(65,3)72(55-31-27-53(28-32-55)70(5)6)63-37-25-49(45-61(63)65)47-23-35-57-58-36-24-48(44-60(58)69(59(57)43-47,51-19-11-9-12-20-51)52-21-13-10-14-22-52)50-26-38-64-62(46-50)66(2)40-16-18-42-68(66,4)73(64)56-33-29-54(30-34-56)71(7)8/h9-14,19-38,43-46H,15-18,39-42H2,1-8H3. The third-order valence-corrected chi connectivity index (χ3v) is 19.7. The van der Waals surface area contributed by atoms with Gasteiger partial charge in [-0.05, 0) is 191 Å². The van der Waals surface area contributed by atoms with E-state index in [1.807, 2.05) is 0 Å². The number of rotatable bonds is 8. The molecule has 2 saturated carbocycles. The summed E-state index contributed by atoms with van der Waals surface area (Å²) in [6, 6.07) is 70.9. The number of hydrogen-bond acceptors (Lipinski definition) is 4. The lowest BCUT2D eigenvalue weighted by atomic mass is 9.61. The molecule has 4 nitrogen and oxygen atoms in total. The van der Waals surface area contributed by atoms with E-state index in [4.69, 9.17) is 0 Å². The lowest BCUT2D eigenvalue weighted by Crippen LogP contribution is -2.54. The second kappa shape index (κ2) is 16.5. The summed E-state index contributed by atoms with van der Waals surface area (Å²) in [5, 5.41) is 0. The molecule has 366 valence electrons. The second-order valence-electron chi connectivity index (χ2n) is 23.6. The zero-order chi connectivity index (χ0) is 50.1. The summed E-state index contributed by atoms with van der Waals surface area (Å²) < 4.78 is 0. The fourth-order valence-electron chi connectivity index (χ4n) is 15.3. The maximum absolute atomic E-state index is 2.70. The Hall–Kier alpha value is -7.04. The van der Waals surface area contributed by atoms with Crippen molar-refractivity contribution in [2.24, 2.45) is 0 Å². The minimum Gasteiger partial charge on any atom is -0.378 e. The molecule has 2 aliphatic heterocycles. The molecule has 4 heteroatoms. The highest BCUT2D eigenvalue weighted by Crippen LogP contribution is 2.64. The lowest BCUT2D eigenvalue weighted by molar-refractivity contribution is 0.195. The number of fused-ring (bicyclic) bond motifs is 9. The van der Waals surface area contributed by atoms with Crippen LogP contribution in [-0.2, 0) is 16.2 Å². The molecule has 5 aliphatic rings. The molecule has 13 rings (SSSR count). The van der Waals surface area contributed by atoms with Gasteiger partial charge in [0.1, 0.15) is 0 Å². The Kier molecular flexibility index (Phi) is 10.3. The van der Waals surface area contributed by atoms with Crippen molar-refractivity contribution in [3.63, 3.8) is 0 Å². The Morgan fingerprint density at radius 2 is 0.699 bits per heavy atom. The van der Waals surface area contributed by atoms with E-state index in [0.717, 1.165) is 0 Å². The van der Waals surface area contributed by atoms with Crippen LogP contribution < -0.4 is 19.6 Å². The fraction of sp³-hybridized carbons (Fsp3) is 0.304. The van der Waals surface area contributed by atoms with E-state index in [1.165, 1.54) is 152 Å². The average molecular weight is 955 g/mol. The molecule has 73 heavy (non-hydrogen) atoms. The van der Waals surface area contributed by atoms with Crippen molar-refractivity contribution in [3.8, 4) is 33.4 Å². The quantitative estimate of drug-likeness (QED) is 0.150. The molecule has 4 atom stereocenters. The molecular formula is C69H70N4. The third kappa shape index (κ3) is 6.38. The molecule has 2 heterocycles. The molecule has 0 N–H and O–H groups in total. The molecule has 0 bridgehead atoms. The van der Waals surface area contributed by atoms with E-state index in [9.17, 15) is 0 Å². The Bertz CT molecular complexity index is 3200. The van der Waals surface area contributed by atoms with Crippen LogP contribution in [0.15, 0.2) is 182 Å². The van der Waals surface area contributed by atoms with E-state index in [0.29, 0.717) is 0 Å². The summed E-state index contributed by atoms with van der Waals surface area (Å²) in [7, 11) is 8.50. The van der Waals surface area contributed by atoms with E-state index in [2.05, 4.69) is 257 Å². The minimum absolute atomic E-state index is 0.0123. The SMILES string of the molecule is CN(C)c1ccc(N2c3ccc(-c4ccc5c(c4)C(c4ccccc4)(c4ccccc4)c4cc(-c6ccc7c(c6)C6(C)CCCCC6(C)N7c6ccc(N(C)C)cc6)ccc4-5)cc3C3(C)CCCCC23C)cc1. The Labute approximate surface area is 435 Å². The van der Waals surface area contributed by atoms with Gasteiger partial charge in [-0.3, -0.25) is 0 Å². The highest BCUT2D eigenvalue weighted by Gasteiger charge is 2.59. The predicted octanol–water partition coefficient (Wildman–Crippen LogP) is 17.0. The van der Waals surface area contributed by atoms with Gasteiger partial charge in [0.2, 0.25) is 0 Å². The number of nitrogens with zero attached hydrogens (tertiary/aromatic N) is 4. The maximum atomic E-state index is 2.70.